The van der Waals surface area contributed by atoms with Gasteiger partial charge in [-0.25, -0.2) is 9.59 Å². The van der Waals surface area contributed by atoms with Crippen LogP contribution in [0.4, 0.5) is 17.1 Å². The average Bonchev–Trinajstić information content (AvgIpc) is 2.79. The predicted molar refractivity (Wildman–Crippen MR) is 117 cm³/mol. The summed E-state index contributed by atoms with van der Waals surface area (Å²) in [4.78, 5) is 58.7. The van der Waals surface area contributed by atoms with Gasteiger partial charge in [-0.1, -0.05) is 6.92 Å². The van der Waals surface area contributed by atoms with Gasteiger partial charge in [-0.2, -0.15) is 5.26 Å². The van der Waals surface area contributed by atoms with E-state index in [0.29, 0.717) is 12.0 Å². The molecule has 170 valence electrons. The third kappa shape index (κ3) is 5.50. The lowest BCUT2D eigenvalue weighted by Crippen LogP contribution is -2.37. The second-order valence-electron chi connectivity index (χ2n) is 6.60. The van der Waals surface area contributed by atoms with E-state index in [1.807, 2.05) is 6.07 Å². The van der Waals surface area contributed by atoms with Gasteiger partial charge in [0.15, 0.2) is 0 Å². The summed E-state index contributed by atoms with van der Waals surface area (Å²) in [5.74, 6) is -6.21. The molecule has 0 radical (unpaired) electrons. The number of carboxylic acids is 2. The van der Waals surface area contributed by atoms with E-state index in [9.17, 15) is 29.2 Å². The van der Waals surface area contributed by atoms with Crippen LogP contribution < -0.4 is 15.5 Å². The molecule has 3 amide bonds. The average molecular weight is 452 g/mol. The molecule has 0 fully saturated rings. The van der Waals surface area contributed by atoms with E-state index in [1.165, 1.54) is 36.4 Å². The summed E-state index contributed by atoms with van der Waals surface area (Å²) < 4.78 is 0. The molecule has 0 saturated heterocycles. The van der Waals surface area contributed by atoms with Gasteiger partial charge in [0.1, 0.15) is 6.07 Å². The number of carboxylic acid groups (broad SMARTS) is 2. The molecule has 11 nitrogen and oxygen atoms in total. The Balaban J connectivity index is 2.34. The zero-order chi connectivity index (χ0) is 24.7. The third-order valence-corrected chi connectivity index (χ3v) is 4.64. The Morgan fingerprint density at radius 2 is 1.58 bits per heavy atom. The molecule has 0 aromatic heterocycles. The highest BCUT2D eigenvalue weighted by molar-refractivity contribution is 6.37. The monoisotopic (exact) mass is 452 g/mol. The lowest BCUT2D eigenvalue weighted by molar-refractivity contribution is -0.148. The van der Waals surface area contributed by atoms with Crippen molar-refractivity contribution in [2.75, 3.05) is 22.1 Å². The number of nitrogens with zero attached hydrogens (tertiary/aromatic N) is 2. The minimum Gasteiger partial charge on any atom is -0.474 e. The molecule has 0 heterocycles. The number of hydrogen-bond donors (Lipinski definition) is 4. The van der Waals surface area contributed by atoms with E-state index in [2.05, 4.69) is 10.6 Å². The van der Waals surface area contributed by atoms with Crippen molar-refractivity contribution < 1.29 is 34.2 Å². The smallest absolute Gasteiger partial charge is 0.394 e. The van der Waals surface area contributed by atoms with Crippen LogP contribution in [0.15, 0.2) is 36.4 Å². The van der Waals surface area contributed by atoms with Gasteiger partial charge >= 0.3 is 23.8 Å². The Morgan fingerprint density at radius 1 is 0.939 bits per heavy atom. The Kier molecular flexibility index (Phi) is 7.84. The molecule has 0 unspecified atom stereocenters. The topological polar surface area (TPSA) is 177 Å². The molecule has 0 atom stereocenters. The molecule has 0 aliphatic carbocycles. The number of carbonyl (C=O) groups excluding carboxylic acids is 3. The van der Waals surface area contributed by atoms with E-state index < -0.39 is 29.7 Å². The molecule has 2 aromatic carbocycles. The number of hydrogen-bond acceptors (Lipinski definition) is 6. The zero-order valence-electron chi connectivity index (χ0n) is 17.7. The minimum absolute atomic E-state index is 0.0689. The summed E-state index contributed by atoms with van der Waals surface area (Å²) in [7, 11) is 0. The van der Waals surface area contributed by atoms with Crippen LogP contribution in [0.5, 0.6) is 0 Å². The molecule has 11 heteroatoms. The van der Waals surface area contributed by atoms with Crippen LogP contribution in [0.25, 0.3) is 0 Å². The molecule has 0 aliphatic heterocycles. The van der Waals surface area contributed by atoms with Crippen LogP contribution in [-0.2, 0) is 25.6 Å². The van der Waals surface area contributed by atoms with Crippen LogP contribution in [0.1, 0.15) is 35.3 Å². The Hall–Kier alpha value is -4.72. The number of benzene rings is 2. The Bertz CT molecular complexity index is 1170. The SMILES string of the molecule is CCc1c(N(CC)C(=O)C(=O)O)ccc(NC(=O)c2ccc(NC(=O)C(=O)O)cc2)c1C#N. The first-order chi connectivity index (χ1) is 15.6. The summed E-state index contributed by atoms with van der Waals surface area (Å²) in [6, 6.07) is 10.3. The molecule has 2 rings (SSSR count). The van der Waals surface area contributed by atoms with Gasteiger partial charge in [0, 0.05) is 23.5 Å². The van der Waals surface area contributed by atoms with Crippen molar-refractivity contribution in [3.05, 3.63) is 53.1 Å². The molecule has 4 N–H and O–H groups in total. The van der Waals surface area contributed by atoms with E-state index >= 15 is 0 Å². The van der Waals surface area contributed by atoms with Gasteiger partial charge in [-0.15, -0.1) is 0 Å². The van der Waals surface area contributed by atoms with Crippen LogP contribution in [0.2, 0.25) is 0 Å². The highest BCUT2D eigenvalue weighted by Crippen LogP contribution is 2.30. The van der Waals surface area contributed by atoms with Crippen LogP contribution in [-0.4, -0.2) is 46.4 Å². The minimum atomic E-state index is -1.65. The van der Waals surface area contributed by atoms with Crippen molar-refractivity contribution in [1.29, 1.82) is 5.26 Å². The van der Waals surface area contributed by atoms with Crippen LogP contribution in [0.3, 0.4) is 0 Å². The van der Waals surface area contributed by atoms with E-state index in [4.69, 9.17) is 10.2 Å². The summed E-state index contributed by atoms with van der Waals surface area (Å²) in [5.41, 5.74) is 1.28. The van der Waals surface area contributed by atoms with E-state index in [-0.39, 0.29) is 34.7 Å². The van der Waals surface area contributed by atoms with Crippen molar-refractivity contribution in [2.24, 2.45) is 0 Å². The number of likely N-dealkylation sites (N-methyl/N-ethyl adjacent to an activating group) is 1. The molecule has 2 aromatic rings. The maximum Gasteiger partial charge on any atom is 0.394 e. The van der Waals surface area contributed by atoms with Crippen molar-refractivity contribution in [3.63, 3.8) is 0 Å². The fourth-order valence-corrected chi connectivity index (χ4v) is 3.10. The largest absolute Gasteiger partial charge is 0.474 e. The first kappa shape index (κ1) is 24.5. The summed E-state index contributed by atoms with van der Waals surface area (Å²) in [6.45, 7) is 3.40. The number of carbonyl (C=O) groups is 5. The second-order valence-corrected chi connectivity index (χ2v) is 6.60. The van der Waals surface area contributed by atoms with Gasteiger partial charge in [-0.05, 0) is 55.3 Å². The van der Waals surface area contributed by atoms with Gasteiger partial charge < -0.3 is 25.7 Å². The molecular formula is C22H20N4O7. The van der Waals surface area contributed by atoms with Crippen molar-refractivity contribution in [2.45, 2.75) is 20.3 Å². The Labute approximate surface area is 188 Å². The summed E-state index contributed by atoms with van der Waals surface area (Å²) in [5, 5.41) is 32.1. The molecule has 0 saturated carbocycles. The van der Waals surface area contributed by atoms with Gasteiger partial charge in [0.25, 0.3) is 5.91 Å². The standard InChI is InChI=1S/C22H20N4O7/c1-3-14-15(11-23)16(9-10-17(14)26(4-2)20(29)22(32)33)25-18(27)12-5-7-13(8-6-12)24-19(28)21(30)31/h5-10H,3-4H2,1-2H3,(H,24,28)(H,25,27)(H,30,31)(H,32,33). The lowest BCUT2D eigenvalue weighted by atomic mass is 10.00. The number of aliphatic carboxylic acids is 2. The second kappa shape index (κ2) is 10.5. The zero-order valence-corrected chi connectivity index (χ0v) is 17.7. The summed E-state index contributed by atoms with van der Waals surface area (Å²) >= 11 is 0. The lowest BCUT2D eigenvalue weighted by Gasteiger charge is -2.23. The summed E-state index contributed by atoms with van der Waals surface area (Å²) in [6.07, 6.45) is 0.295. The van der Waals surface area contributed by atoms with Crippen LogP contribution in [0, 0.1) is 11.3 Å². The van der Waals surface area contributed by atoms with E-state index in [0.717, 1.165) is 4.90 Å². The number of nitriles is 1. The molecular weight excluding hydrogens is 432 g/mol. The van der Waals surface area contributed by atoms with E-state index in [1.54, 1.807) is 13.8 Å². The third-order valence-electron chi connectivity index (χ3n) is 4.64. The van der Waals surface area contributed by atoms with Gasteiger partial charge in [0.2, 0.25) is 0 Å². The fourth-order valence-electron chi connectivity index (χ4n) is 3.10. The molecule has 0 bridgehead atoms. The van der Waals surface area contributed by atoms with Crippen molar-refractivity contribution in [3.8, 4) is 6.07 Å². The number of rotatable bonds is 6. The number of amides is 3. The molecule has 33 heavy (non-hydrogen) atoms. The number of anilines is 3. The fraction of sp³-hybridized carbons (Fsp3) is 0.182. The van der Waals surface area contributed by atoms with Gasteiger partial charge in [0.05, 0.1) is 11.3 Å². The first-order valence-electron chi connectivity index (χ1n) is 9.70. The highest BCUT2D eigenvalue weighted by Gasteiger charge is 2.25. The highest BCUT2D eigenvalue weighted by atomic mass is 16.4. The number of nitrogens with one attached hydrogen (secondary N) is 2. The van der Waals surface area contributed by atoms with Crippen LogP contribution >= 0.6 is 0 Å². The first-order valence-corrected chi connectivity index (χ1v) is 9.70. The quantitative estimate of drug-likeness (QED) is 0.480. The Morgan fingerprint density at radius 3 is 2.06 bits per heavy atom. The van der Waals surface area contributed by atoms with Gasteiger partial charge in [-0.3, -0.25) is 14.4 Å². The molecule has 0 aliphatic rings. The van der Waals surface area contributed by atoms with Crippen molar-refractivity contribution >= 4 is 46.7 Å². The maximum atomic E-state index is 12.7. The van der Waals surface area contributed by atoms with Crippen molar-refractivity contribution in [1.82, 2.24) is 0 Å². The normalized spacial score (nSPS) is 9.97. The predicted octanol–water partition coefficient (Wildman–Crippen LogP) is 1.83. The maximum absolute atomic E-state index is 12.7. The molecule has 0 spiro atoms.